The van der Waals surface area contributed by atoms with Gasteiger partial charge in [0, 0.05) is 12.6 Å². The number of nitrogens with one attached hydrogen (secondary N) is 1. The number of ether oxygens (including phenoxy) is 1. The molecule has 1 unspecified atom stereocenters. The van der Waals surface area contributed by atoms with Gasteiger partial charge in [-0.2, -0.15) is 0 Å². The van der Waals surface area contributed by atoms with E-state index < -0.39 is 0 Å². The van der Waals surface area contributed by atoms with Gasteiger partial charge in [-0.05, 0) is 61.8 Å². The highest BCUT2D eigenvalue weighted by molar-refractivity contribution is 5.91. The summed E-state index contributed by atoms with van der Waals surface area (Å²) in [5, 5.41) is 2.99. The van der Waals surface area contributed by atoms with E-state index in [9.17, 15) is 4.79 Å². The lowest BCUT2D eigenvalue weighted by Gasteiger charge is -2.25. The van der Waals surface area contributed by atoms with E-state index in [0.717, 1.165) is 30.2 Å². The number of rotatable bonds is 7. The van der Waals surface area contributed by atoms with Gasteiger partial charge in [-0.15, -0.1) is 0 Å². The first kappa shape index (κ1) is 17.3. The van der Waals surface area contributed by atoms with Gasteiger partial charge in [0.25, 0.3) is 0 Å². The van der Waals surface area contributed by atoms with E-state index in [2.05, 4.69) is 10.2 Å². The standard InChI is InChI=1S/C20H24N2O3/c1-24-17-9-6-16(7-10-17)8-11-20(23)21-15-18(19-5-4-14-25-19)22-12-2-3-13-22/h4-11,14,18H,2-3,12-13,15H2,1H3,(H,21,23). The molecule has 0 saturated carbocycles. The topological polar surface area (TPSA) is 54.7 Å². The molecule has 1 aromatic carbocycles. The van der Waals surface area contributed by atoms with Crippen LogP contribution in [0, 0.1) is 0 Å². The monoisotopic (exact) mass is 340 g/mol. The molecule has 3 rings (SSSR count). The first-order valence-corrected chi connectivity index (χ1v) is 8.63. The second-order valence-electron chi connectivity index (χ2n) is 6.13. The molecule has 5 nitrogen and oxygen atoms in total. The number of furan rings is 1. The summed E-state index contributed by atoms with van der Waals surface area (Å²) in [4.78, 5) is 14.5. The molecule has 0 aliphatic carbocycles. The molecule has 2 heterocycles. The maximum absolute atomic E-state index is 12.2. The van der Waals surface area contributed by atoms with Crippen LogP contribution >= 0.6 is 0 Å². The summed E-state index contributed by atoms with van der Waals surface area (Å²) >= 11 is 0. The van der Waals surface area contributed by atoms with Gasteiger partial charge >= 0.3 is 0 Å². The van der Waals surface area contributed by atoms with Crippen LogP contribution in [0.3, 0.4) is 0 Å². The molecule has 1 fully saturated rings. The molecule has 1 saturated heterocycles. The molecule has 1 aliphatic rings. The Bertz CT molecular complexity index is 686. The highest BCUT2D eigenvalue weighted by Gasteiger charge is 2.25. The second kappa shape index (κ2) is 8.53. The molecular formula is C20H24N2O3. The third-order valence-corrected chi connectivity index (χ3v) is 4.47. The molecule has 2 aromatic rings. The van der Waals surface area contributed by atoms with Crippen molar-refractivity contribution in [1.29, 1.82) is 0 Å². The van der Waals surface area contributed by atoms with Crippen molar-refractivity contribution in [2.45, 2.75) is 18.9 Å². The Morgan fingerprint density at radius 3 is 2.68 bits per heavy atom. The van der Waals surface area contributed by atoms with Crippen LogP contribution in [-0.2, 0) is 4.79 Å². The summed E-state index contributed by atoms with van der Waals surface area (Å²) in [7, 11) is 1.63. The summed E-state index contributed by atoms with van der Waals surface area (Å²) in [5.41, 5.74) is 0.957. The average Bonchev–Trinajstić information content (AvgIpc) is 3.35. The molecule has 0 spiro atoms. The lowest BCUT2D eigenvalue weighted by molar-refractivity contribution is -0.116. The smallest absolute Gasteiger partial charge is 0.244 e. The van der Waals surface area contributed by atoms with Crippen molar-refractivity contribution in [3.05, 3.63) is 60.1 Å². The van der Waals surface area contributed by atoms with E-state index in [0.29, 0.717) is 6.54 Å². The zero-order chi connectivity index (χ0) is 17.5. The minimum atomic E-state index is -0.105. The number of methoxy groups -OCH3 is 1. The highest BCUT2D eigenvalue weighted by Crippen LogP contribution is 2.24. The SMILES string of the molecule is COc1ccc(C=CC(=O)NCC(c2ccco2)N2CCCC2)cc1. The van der Waals surface area contributed by atoms with Crippen molar-refractivity contribution in [2.75, 3.05) is 26.7 Å². The van der Waals surface area contributed by atoms with Gasteiger partial charge in [-0.25, -0.2) is 0 Å². The van der Waals surface area contributed by atoms with E-state index in [4.69, 9.17) is 9.15 Å². The van der Waals surface area contributed by atoms with Crippen LogP contribution < -0.4 is 10.1 Å². The summed E-state index contributed by atoms with van der Waals surface area (Å²) in [6.07, 6.45) is 7.44. The minimum absolute atomic E-state index is 0.0934. The minimum Gasteiger partial charge on any atom is -0.497 e. The Labute approximate surface area is 148 Å². The Kier molecular flexibility index (Phi) is 5.90. The fourth-order valence-corrected chi connectivity index (χ4v) is 3.09. The predicted molar refractivity (Wildman–Crippen MR) is 97.3 cm³/mol. The second-order valence-corrected chi connectivity index (χ2v) is 6.13. The van der Waals surface area contributed by atoms with Gasteiger partial charge in [0.15, 0.2) is 0 Å². The van der Waals surface area contributed by atoms with E-state index in [1.54, 1.807) is 25.5 Å². The molecule has 25 heavy (non-hydrogen) atoms. The van der Waals surface area contributed by atoms with E-state index >= 15 is 0 Å². The number of hydrogen-bond donors (Lipinski definition) is 1. The summed E-state index contributed by atoms with van der Waals surface area (Å²) in [6.45, 7) is 2.63. The van der Waals surface area contributed by atoms with Gasteiger partial charge in [-0.3, -0.25) is 9.69 Å². The highest BCUT2D eigenvalue weighted by atomic mass is 16.5. The van der Waals surface area contributed by atoms with Crippen molar-refractivity contribution < 1.29 is 13.9 Å². The molecule has 1 amide bonds. The number of amides is 1. The molecule has 1 aromatic heterocycles. The average molecular weight is 340 g/mol. The summed E-state index contributed by atoms with van der Waals surface area (Å²) < 4.78 is 10.7. The number of likely N-dealkylation sites (tertiary alicyclic amines) is 1. The maximum Gasteiger partial charge on any atom is 0.244 e. The summed E-state index contributed by atoms with van der Waals surface area (Å²) in [5.74, 6) is 1.60. The van der Waals surface area contributed by atoms with Gasteiger partial charge in [0.1, 0.15) is 11.5 Å². The number of nitrogens with zero attached hydrogens (tertiary/aromatic N) is 1. The molecule has 132 valence electrons. The van der Waals surface area contributed by atoms with Crippen LogP contribution in [0.1, 0.15) is 30.2 Å². The molecular weight excluding hydrogens is 316 g/mol. The van der Waals surface area contributed by atoms with Crippen molar-refractivity contribution in [3.8, 4) is 5.75 Å². The molecule has 1 N–H and O–H groups in total. The first-order valence-electron chi connectivity index (χ1n) is 8.63. The Hall–Kier alpha value is -2.53. The number of hydrogen-bond acceptors (Lipinski definition) is 4. The van der Waals surface area contributed by atoms with Gasteiger partial charge < -0.3 is 14.5 Å². The van der Waals surface area contributed by atoms with E-state index in [-0.39, 0.29) is 11.9 Å². The van der Waals surface area contributed by atoms with E-state index in [1.807, 2.05) is 36.4 Å². The quantitative estimate of drug-likeness (QED) is 0.786. The molecule has 1 aliphatic heterocycles. The molecule has 0 bridgehead atoms. The molecule has 0 radical (unpaired) electrons. The van der Waals surface area contributed by atoms with Gasteiger partial charge in [-0.1, -0.05) is 12.1 Å². The Balaban J connectivity index is 1.56. The zero-order valence-electron chi connectivity index (χ0n) is 14.5. The van der Waals surface area contributed by atoms with Crippen LogP contribution in [-0.4, -0.2) is 37.6 Å². The largest absolute Gasteiger partial charge is 0.497 e. The van der Waals surface area contributed by atoms with Crippen molar-refractivity contribution in [2.24, 2.45) is 0 Å². The summed E-state index contributed by atoms with van der Waals surface area (Å²) in [6, 6.07) is 11.5. The van der Waals surface area contributed by atoms with Crippen molar-refractivity contribution in [3.63, 3.8) is 0 Å². The number of carbonyl (C=O) groups excluding carboxylic acids is 1. The maximum atomic E-state index is 12.2. The van der Waals surface area contributed by atoms with Crippen LogP contribution in [0.25, 0.3) is 6.08 Å². The zero-order valence-corrected chi connectivity index (χ0v) is 14.5. The fraction of sp³-hybridized carbons (Fsp3) is 0.350. The lowest BCUT2D eigenvalue weighted by atomic mass is 10.2. The third-order valence-electron chi connectivity index (χ3n) is 4.47. The van der Waals surface area contributed by atoms with Crippen LogP contribution in [0.5, 0.6) is 5.75 Å². The predicted octanol–water partition coefficient (Wildman–Crippen LogP) is 3.25. The fourth-order valence-electron chi connectivity index (χ4n) is 3.09. The van der Waals surface area contributed by atoms with E-state index in [1.165, 1.54) is 12.8 Å². The Morgan fingerprint density at radius 1 is 1.28 bits per heavy atom. The first-order chi connectivity index (χ1) is 12.3. The molecule has 5 heteroatoms. The Morgan fingerprint density at radius 2 is 2.04 bits per heavy atom. The normalized spacial score (nSPS) is 16.2. The molecule has 1 atom stereocenters. The number of carbonyl (C=O) groups is 1. The van der Waals surface area contributed by atoms with Gasteiger partial charge in [0.05, 0.1) is 19.4 Å². The van der Waals surface area contributed by atoms with Crippen LogP contribution in [0.15, 0.2) is 53.2 Å². The third kappa shape index (κ3) is 4.73. The van der Waals surface area contributed by atoms with Crippen molar-refractivity contribution in [1.82, 2.24) is 10.2 Å². The number of benzene rings is 1. The lowest BCUT2D eigenvalue weighted by Crippen LogP contribution is -2.36. The van der Waals surface area contributed by atoms with Crippen LogP contribution in [0.2, 0.25) is 0 Å². The van der Waals surface area contributed by atoms with Gasteiger partial charge in [0.2, 0.25) is 5.91 Å². The van der Waals surface area contributed by atoms with Crippen molar-refractivity contribution >= 4 is 12.0 Å². The van der Waals surface area contributed by atoms with Crippen LogP contribution in [0.4, 0.5) is 0 Å².